The zero-order valence-corrected chi connectivity index (χ0v) is 8.55. The lowest BCUT2D eigenvalue weighted by Crippen LogP contribution is -2.03. The first-order valence-corrected chi connectivity index (χ1v) is 4.21. The van der Waals surface area contributed by atoms with Crippen LogP contribution in [-0.4, -0.2) is 30.3 Å². The summed E-state index contributed by atoms with van der Waals surface area (Å²) >= 11 is 5.69. The van der Waals surface area contributed by atoms with Gasteiger partial charge in [0.25, 0.3) is 0 Å². The Morgan fingerprint density at radius 2 is 2.15 bits per heavy atom. The number of hydrogen-bond donors (Lipinski definition) is 1. The summed E-state index contributed by atoms with van der Waals surface area (Å²) in [6.45, 7) is 1.87. The molecular weight excluding hydrogens is 188 g/mol. The zero-order chi connectivity index (χ0) is 9.84. The van der Waals surface area contributed by atoms with E-state index in [9.17, 15) is 0 Å². The van der Waals surface area contributed by atoms with E-state index in [1.807, 2.05) is 6.92 Å². The first kappa shape index (κ1) is 9.92. The maximum Gasteiger partial charge on any atom is 0.224 e. The summed E-state index contributed by atoms with van der Waals surface area (Å²) < 4.78 is 0. The molecule has 1 heterocycles. The lowest BCUT2D eigenvalue weighted by Gasteiger charge is -2.06. The summed E-state index contributed by atoms with van der Waals surface area (Å²) in [4.78, 5) is 12.0. The van der Waals surface area contributed by atoms with Crippen LogP contribution in [0.25, 0.3) is 0 Å². The topological polar surface area (TPSA) is 50.2 Å². The Morgan fingerprint density at radius 1 is 1.46 bits per heavy atom. The Labute approximate surface area is 82.1 Å². The molecule has 0 aliphatic heterocycles. The molecule has 0 aliphatic carbocycles. The molecule has 1 aromatic heterocycles. The molecule has 0 aliphatic rings. The molecule has 1 rings (SSSR count). The highest BCUT2D eigenvalue weighted by molar-refractivity contribution is 6.28. The van der Waals surface area contributed by atoms with Crippen LogP contribution in [0.2, 0.25) is 5.28 Å². The molecule has 1 N–H and O–H groups in total. The zero-order valence-electron chi connectivity index (χ0n) is 7.80. The highest BCUT2D eigenvalue weighted by Crippen LogP contribution is 2.15. The third-order valence-electron chi connectivity index (χ3n) is 1.60. The van der Waals surface area contributed by atoms with E-state index in [-0.39, 0.29) is 5.28 Å². The molecule has 0 aromatic carbocycles. The van der Waals surface area contributed by atoms with Crippen molar-refractivity contribution in [1.29, 1.82) is 0 Å². The lowest BCUT2D eigenvalue weighted by atomic mass is 10.2. The number of aryl methyl sites for hydroxylation is 1. The van der Waals surface area contributed by atoms with Crippen molar-refractivity contribution in [3.05, 3.63) is 16.5 Å². The van der Waals surface area contributed by atoms with Gasteiger partial charge in [-0.25, -0.2) is 9.97 Å². The summed E-state index contributed by atoms with van der Waals surface area (Å²) in [5.41, 5.74) is 1.68. The minimum Gasteiger partial charge on any atom is -0.372 e. The van der Waals surface area contributed by atoms with Crippen LogP contribution in [-0.2, 0) is 0 Å². The second-order valence-electron chi connectivity index (χ2n) is 2.48. The van der Waals surface area contributed by atoms with Gasteiger partial charge in [-0.3, -0.25) is 4.99 Å². The van der Waals surface area contributed by atoms with Gasteiger partial charge in [-0.15, -0.1) is 0 Å². The summed E-state index contributed by atoms with van der Waals surface area (Å²) in [6.07, 6.45) is 1.71. The van der Waals surface area contributed by atoms with Crippen LogP contribution in [0.4, 0.5) is 5.82 Å². The molecule has 0 amide bonds. The van der Waals surface area contributed by atoms with Gasteiger partial charge in [-0.2, -0.15) is 0 Å². The molecule has 0 saturated heterocycles. The molecule has 0 radical (unpaired) electrons. The van der Waals surface area contributed by atoms with E-state index in [0.29, 0.717) is 5.82 Å². The minimum atomic E-state index is 0.245. The molecule has 13 heavy (non-hydrogen) atoms. The molecule has 0 atom stereocenters. The van der Waals surface area contributed by atoms with E-state index >= 15 is 0 Å². The standard InChI is InChI=1S/C8H11ClN4/c1-5-6(4-10-2)7(11-3)13-8(9)12-5/h4H,1-3H3,(H,11,12,13). The van der Waals surface area contributed by atoms with Crippen molar-refractivity contribution < 1.29 is 0 Å². The minimum absolute atomic E-state index is 0.245. The Kier molecular flexibility index (Phi) is 3.19. The second-order valence-corrected chi connectivity index (χ2v) is 2.82. The van der Waals surface area contributed by atoms with E-state index in [1.165, 1.54) is 0 Å². The highest BCUT2D eigenvalue weighted by Gasteiger charge is 2.06. The fraction of sp³-hybridized carbons (Fsp3) is 0.375. The molecule has 0 fully saturated rings. The van der Waals surface area contributed by atoms with Gasteiger partial charge in [0.2, 0.25) is 5.28 Å². The first-order chi connectivity index (χ1) is 6.19. The number of halogens is 1. The van der Waals surface area contributed by atoms with Gasteiger partial charge in [0.15, 0.2) is 0 Å². The van der Waals surface area contributed by atoms with Gasteiger partial charge >= 0.3 is 0 Å². The summed E-state index contributed by atoms with van der Waals surface area (Å²) in [5, 5.41) is 3.18. The third-order valence-corrected chi connectivity index (χ3v) is 1.77. The molecule has 0 unspecified atom stereocenters. The average molecular weight is 199 g/mol. The van der Waals surface area contributed by atoms with Crippen LogP contribution in [0.5, 0.6) is 0 Å². The molecule has 0 bridgehead atoms. The van der Waals surface area contributed by atoms with Crippen molar-refractivity contribution in [2.24, 2.45) is 4.99 Å². The van der Waals surface area contributed by atoms with Crippen molar-refractivity contribution in [1.82, 2.24) is 9.97 Å². The van der Waals surface area contributed by atoms with E-state index in [0.717, 1.165) is 11.3 Å². The maximum atomic E-state index is 5.69. The molecule has 0 saturated carbocycles. The van der Waals surface area contributed by atoms with Crippen LogP contribution in [0.3, 0.4) is 0 Å². The molecule has 70 valence electrons. The van der Waals surface area contributed by atoms with Crippen LogP contribution in [0, 0.1) is 6.92 Å². The molecule has 1 aromatic rings. The SMILES string of the molecule is CN=Cc1c(C)nc(Cl)nc1NC. The van der Waals surface area contributed by atoms with Gasteiger partial charge in [-0.05, 0) is 18.5 Å². The number of anilines is 1. The lowest BCUT2D eigenvalue weighted by molar-refractivity contribution is 1.09. The first-order valence-electron chi connectivity index (χ1n) is 3.83. The van der Waals surface area contributed by atoms with E-state index in [1.54, 1.807) is 20.3 Å². The second kappa shape index (κ2) is 4.18. The number of aliphatic imine (C=N–C) groups is 1. The maximum absolute atomic E-state index is 5.69. The fourth-order valence-corrected chi connectivity index (χ4v) is 1.23. The van der Waals surface area contributed by atoms with Gasteiger partial charge in [-0.1, -0.05) is 0 Å². The van der Waals surface area contributed by atoms with Crippen LogP contribution < -0.4 is 5.32 Å². The smallest absolute Gasteiger partial charge is 0.224 e. The number of nitrogens with zero attached hydrogens (tertiary/aromatic N) is 3. The van der Waals surface area contributed by atoms with Gasteiger partial charge in [0.1, 0.15) is 5.82 Å². The third kappa shape index (κ3) is 2.15. The number of hydrogen-bond acceptors (Lipinski definition) is 4. The molecule has 4 nitrogen and oxygen atoms in total. The Morgan fingerprint density at radius 3 is 2.69 bits per heavy atom. The van der Waals surface area contributed by atoms with Gasteiger partial charge < -0.3 is 5.32 Å². The summed E-state index contributed by atoms with van der Waals surface area (Å²) in [5.74, 6) is 0.697. The number of aromatic nitrogens is 2. The highest BCUT2D eigenvalue weighted by atomic mass is 35.5. The quantitative estimate of drug-likeness (QED) is 0.579. The van der Waals surface area contributed by atoms with Crippen molar-refractivity contribution in [3.8, 4) is 0 Å². The molecule has 5 heteroatoms. The largest absolute Gasteiger partial charge is 0.372 e. The van der Waals surface area contributed by atoms with Crippen molar-refractivity contribution in [2.45, 2.75) is 6.92 Å². The summed E-state index contributed by atoms with van der Waals surface area (Å²) in [6, 6.07) is 0. The fourth-order valence-electron chi connectivity index (χ4n) is 1.02. The van der Waals surface area contributed by atoms with Gasteiger partial charge in [0.05, 0.1) is 11.3 Å². The number of rotatable bonds is 2. The van der Waals surface area contributed by atoms with Crippen LogP contribution in [0.1, 0.15) is 11.3 Å². The Hall–Kier alpha value is -1.16. The van der Waals surface area contributed by atoms with E-state index in [2.05, 4.69) is 20.3 Å². The Bertz CT molecular complexity index is 335. The summed E-state index contributed by atoms with van der Waals surface area (Å²) in [7, 11) is 3.48. The average Bonchev–Trinajstić information content (AvgIpc) is 2.09. The number of nitrogens with one attached hydrogen (secondary N) is 1. The van der Waals surface area contributed by atoms with E-state index in [4.69, 9.17) is 11.6 Å². The predicted molar refractivity (Wildman–Crippen MR) is 54.8 cm³/mol. The molecular formula is C8H11ClN4. The van der Waals surface area contributed by atoms with Crippen molar-refractivity contribution in [2.75, 3.05) is 19.4 Å². The Balaban J connectivity index is 3.29. The monoisotopic (exact) mass is 198 g/mol. The van der Waals surface area contributed by atoms with Crippen LogP contribution in [0.15, 0.2) is 4.99 Å². The van der Waals surface area contributed by atoms with E-state index < -0.39 is 0 Å². The normalized spacial score (nSPS) is 10.8. The molecule has 0 spiro atoms. The van der Waals surface area contributed by atoms with Crippen molar-refractivity contribution in [3.63, 3.8) is 0 Å². The van der Waals surface area contributed by atoms with Crippen LogP contribution >= 0.6 is 11.6 Å². The van der Waals surface area contributed by atoms with Gasteiger partial charge in [0, 0.05) is 20.3 Å². The predicted octanol–water partition coefficient (Wildman–Crippen LogP) is 1.53. The van der Waals surface area contributed by atoms with Crippen molar-refractivity contribution >= 4 is 23.6 Å².